The number of aromatic nitrogens is 1. The molecule has 3 heterocycles. The van der Waals surface area contributed by atoms with Crippen molar-refractivity contribution in [3.63, 3.8) is 0 Å². The number of amides is 1. The van der Waals surface area contributed by atoms with Gasteiger partial charge in [0.25, 0.3) is 5.91 Å². The Hall–Kier alpha value is -2.24. The summed E-state index contributed by atoms with van der Waals surface area (Å²) in [6.45, 7) is 5.53. The van der Waals surface area contributed by atoms with E-state index in [9.17, 15) is 4.79 Å². The van der Waals surface area contributed by atoms with Crippen molar-refractivity contribution < 1.29 is 9.53 Å². The van der Waals surface area contributed by atoms with E-state index in [1.807, 2.05) is 30.0 Å². The van der Waals surface area contributed by atoms with Gasteiger partial charge in [-0.25, -0.2) is 4.98 Å². The Morgan fingerprint density at radius 1 is 1.11 bits per heavy atom. The summed E-state index contributed by atoms with van der Waals surface area (Å²) in [7, 11) is 0. The molecule has 2 aliphatic rings. The third kappa shape index (κ3) is 4.04. The van der Waals surface area contributed by atoms with Crippen LogP contribution >= 0.6 is 0 Å². The maximum absolute atomic E-state index is 12.6. The smallest absolute Gasteiger partial charge is 0.257 e. The van der Waals surface area contributed by atoms with E-state index in [0.717, 1.165) is 44.7 Å². The molecule has 1 atom stereocenters. The number of carbonyl (C=O) groups is 1. The third-order valence-electron chi connectivity index (χ3n) is 5.74. The summed E-state index contributed by atoms with van der Waals surface area (Å²) in [6, 6.07) is 16.3. The van der Waals surface area contributed by atoms with E-state index in [-0.39, 0.29) is 11.5 Å². The molecule has 2 aliphatic heterocycles. The lowest BCUT2D eigenvalue weighted by atomic mass is 9.88. The Morgan fingerprint density at radius 3 is 2.56 bits per heavy atom. The van der Waals surface area contributed by atoms with Crippen molar-refractivity contribution >= 4 is 11.7 Å². The van der Waals surface area contributed by atoms with E-state index in [4.69, 9.17) is 4.74 Å². The van der Waals surface area contributed by atoms with Crippen LogP contribution in [0.25, 0.3) is 0 Å². The average molecular weight is 365 g/mol. The highest BCUT2D eigenvalue weighted by Crippen LogP contribution is 2.34. The summed E-state index contributed by atoms with van der Waals surface area (Å²) in [5, 5.41) is 0. The molecule has 2 saturated heterocycles. The first-order chi connectivity index (χ1) is 13.2. The second-order valence-corrected chi connectivity index (χ2v) is 7.63. The van der Waals surface area contributed by atoms with Crippen molar-refractivity contribution in [2.45, 2.75) is 37.9 Å². The average Bonchev–Trinajstić information content (AvgIpc) is 2.72. The first-order valence-electron chi connectivity index (χ1n) is 9.82. The Bertz CT molecular complexity index is 758. The molecule has 0 aliphatic carbocycles. The maximum Gasteiger partial charge on any atom is 0.257 e. The van der Waals surface area contributed by atoms with Gasteiger partial charge in [-0.15, -0.1) is 0 Å². The van der Waals surface area contributed by atoms with Crippen LogP contribution in [0, 0.1) is 0 Å². The van der Waals surface area contributed by atoms with E-state index in [1.54, 1.807) is 6.20 Å². The van der Waals surface area contributed by atoms with Gasteiger partial charge in [-0.2, -0.15) is 0 Å². The highest BCUT2D eigenvalue weighted by atomic mass is 16.5. The molecule has 0 radical (unpaired) electrons. The highest BCUT2D eigenvalue weighted by Gasteiger charge is 2.45. The van der Waals surface area contributed by atoms with Crippen molar-refractivity contribution in [2.24, 2.45) is 0 Å². The van der Waals surface area contributed by atoms with Gasteiger partial charge in [-0.3, -0.25) is 9.69 Å². The number of carbonyl (C=O) groups excluding carboxylic acids is 1. The topological polar surface area (TPSA) is 45.7 Å². The zero-order valence-corrected chi connectivity index (χ0v) is 15.9. The van der Waals surface area contributed by atoms with Crippen LogP contribution in [-0.2, 0) is 16.0 Å². The van der Waals surface area contributed by atoms with Gasteiger partial charge in [-0.1, -0.05) is 36.4 Å². The molecule has 1 aromatic heterocycles. The molecule has 5 nitrogen and oxygen atoms in total. The molecule has 0 bridgehead atoms. The summed E-state index contributed by atoms with van der Waals surface area (Å²) in [4.78, 5) is 21.3. The van der Waals surface area contributed by atoms with Crippen LogP contribution in [0.3, 0.4) is 0 Å². The number of rotatable bonds is 4. The second kappa shape index (κ2) is 7.79. The summed E-state index contributed by atoms with van der Waals surface area (Å²) in [5.41, 5.74) is 1.13. The predicted molar refractivity (Wildman–Crippen MR) is 106 cm³/mol. The molecule has 0 saturated carbocycles. The number of nitrogens with zero attached hydrogens (tertiary/aromatic N) is 3. The van der Waals surface area contributed by atoms with Crippen molar-refractivity contribution in [1.29, 1.82) is 0 Å². The molecule has 0 N–H and O–H groups in total. The van der Waals surface area contributed by atoms with Gasteiger partial charge in [0.1, 0.15) is 11.9 Å². The van der Waals surface area contributed by atoms with Crippen LogP contribution in [-0.4, -0.2) is 53.7 Å². The van der Waals surface area contributed by atoms with Crippen LogP contribution in [0.2, 0.25) is 0 Å². The largest absolute Gasteiger partial charge is 0.360 e. The lowest BCUT2D eigenvalue weighted by Gasteiger charge is -2.48. The first kappa shape index (κ1) is 18.1. The van der Waals surface area contributed by atoms with Crippen LogP contribution in [0.5, 0.6) is 0 Å². The summed E-state index contributed by atoms with van der Waals surface area (Å²) in [5.74, 6) is 0.731. The van der Waals surface area contributed by atoms with Crippen LogP contribution in [0.4, 0.5) is 5.82 Å². The number of benzene rings is 1. The number of anilines is 1. The number of likely N-dealkylation sites (tertiary alicyclic amines) is 1. The predicted octanol–water partition coefficient (Wildman–Crippen LogP) is 2.91. The number of pyridine rings is 1. The molecule has 1 amide bonds. The number of hydrogen-bond acceptors (Lipinski definition) is 4. The zero-order valence-electron chi connectivity index (χ0n) is 15.9. The van der Waals surface area contributed by atoms with Gasteiger partial charge in [0.05, 0.1) is 12.1 Å². The van der Waals surface area contributed by atoms with Crippen LogP contribution in [0.1, 0.15) is 25.3 Å². The van der Waals surface area contributed by atoms with Crippen molar-refractivity contribution in [2.75, 3.05) is 31.1 Å². The fraction of sp³-hybridized carbons (Fsp3) is 0.455. The number of ether oxygens (including phenoxy) is 1. The van der Waals surface area contributed by atoms with Crippen molar-refractivity contribution in [1.82, 2.24) is 9.88 Å². The summed E-state index contributed by atoms with van der Waals surface area (Å²) >= 11 is 0. The number of hydrogen-bond donors (Lipinski definition) is 0. The zero-order chi connectivity index (χ0) is 18.7. The Labute approximate surface area is 161 Å². The van der Waals surface area contributed by atoms with E-state index in [0.29, 0.717) is 6.54 Å². The molecular formula is C22H27N3O2. The number of morpholine rings is 1. The molecule has 142 valence electrons. The normalized spacial score (nSPS) is 22.9. The summed E-state index contributed by atoms with van der Waals surface area (Å²) < 4.78 is 6.24. The van der Waals surface area contributed by atoms with Crippen molar-refractivity contribution in [3.05, 3.63) is 60.3 Å². The van der Waals surface area contributed by atoms with Gasteiger partial charge in [-0.05, 0) is 43.9 Å². The van der Waals surface area contributed by atoms with E-state index >= 15 is 0 Å². The molecular weight excluding hydrogens is 338 g/mol. The molecule has 27 heavy (non-hydrogen) atoms. The Kier molecular flexibility index (Phi) is 5.23. The second-order valence-electron chi connectivity index (χ2n) is 7.63. The summed E-state index contributed by atoms with van der Waals surface area (Å²) in [6.07, 6.45) is 4.29. The fourth-order valence-corrected chi connectivity index (χ4v) is 4.15. The van der Waals surface area contributed by atoms with Gasteiger partial charge in [0.15, 0.2) is 0 Å². The van der Waals surface area contributed by atoms with Crippen LogP contribution in [0.15, 0.2) is 54.7 Å². The molecule has 2 fully saturated rings. The molecule has 1 unspecified atom stereocenters. The standard InChI is InChI=1S/C22H27N3O2/c1-18-21(26)25(20-9-5-6-13-23-20)17-22(27-18)11-15-24(16-12-22)14-10-19-7-3-2-4-8-19/h2-9,13,18H,10-12,14-17H2,1H3. The van der Waals surface area contributed by atoms with Crippen molar-refractivity contribution in [3.8, 4) is 0 Å². The van der Waals surface area contributed by atoms with Crippen LogP contribution < -0.4 is 4.90 Å². The third-order valence-corrected chi connectivity index (χ3v) is 5.74. The van der Waals surface area contributed by atoms with Gasteiger partial charge in [0.2, 0.25) is 0 Å². The van der Waals surface area contributed by atoms with Gasteiger partial charge in [0, 0.05) is 25.8 Å². The first-order valence-corrected chi connectivity index (χ1v) is 9.82. The van der Waals surface area contributed by atoms with Gasteiger partial charge < -0.3 is 9.64 Å². The minimum atomic E-state index is -0.420. The van der Waals surface area contributed by atoms with Gasteiger partial charge >= 0.3 is 0 Å². The fourth-order valence-electron chi connectivity index (χ4n) is 4.15. The van der Waals surface area contributed by atoms with E-state index < -0.39 is 6.10 Å². The minimum Gasteiger partial charge on any atom is -0.360 e. The molecule has 4 rings (SSSR count). The quantitative estimate of drug-likeness (QED) is 0.836. The monoisotopic (exact) mass is 365 g/mol. The Balaban J connectivity index is 1.38. The van der Waals surface area contributed by atoms with E-state index in [1.165, 1.54) is 5.56 Å². The lowest BCUT2D eigenvalue weighted by Crippen LogP contribution is -2.61. The van der Waals surface area contributed by atoms with E-state index in [2.05, 4.69) is 40.2 Å². The molecule has 1 spiro atoms. The molecule has 1 aromatic carbocycles. The molecule has 2 aromatic rings. The minimum absolute atomic E-state index is 0.00540. The number of piperidine rings is 1. The molecule has 5 heteroatoms. The highest BCUT2D eigenvalue weighted by molar-refractivity contribution is 5.96. The SMILES string of the molecule is CC1OC2(CCN(CCc3ccccc3)CC2)CN(c2ccccn2)C1=O. The maximum atomic E-state index is 12.6. The Morgan fingerprint density at radius 2 is 1.85 bits per heavy atom. The lowest BCUT2D eigenvalue weighted by molar-refractivity contribution is -0.161.